The predicted molar refractivity (Wildman–Crippen MR) is 123 cm³/mol. The van der Waals surface area contributed by atoms with Crippen LogP contribution in [0.5, 0.6) is 0 Å². The molecular weight excluding hydrogens is 459 g/mol. The van der Waals surface area contributed by atoms with Crippen LogP contribution in [0.15, 0.2) is 66.0 Å². The molecule has 0 unspecified atom stereocenters. The molecule has 0 atom stereocenters. The van der Waals surface area contributed by atoms with Crippen LogP contribution in [0.1, 0.15) is 16.2 Å². The number of imide groups is 1. The zero-order valence-electron chi connectivity index (χ0n) is 17.6. The quantitative estimate of drug-likeness (QED) is 0.415. The third-order valence-corrected chi connectivity index (χ3v) is 5.95. The minimum Gasteiger partial charge on any atom is -0.329 e. The monoisotopic (exact) mass is 476 g/mol. The molecule has 3 heterocycles. The maximum atomic E-state index is 13.4. The van der Waals surface area contributed by atoms with Gasteiger partial charge in [0, 0.05) is 5.69 Å². The van der Waals surface area contributed by atoms with Gasteiger partial charge in [-0.15, -0.1) is 16.4 Å². The van der Waals surface area contributed by atoms with Crippen LogP contribution >= 0.6 is 11.3 Å². The van der Waals surface area contributed by atoms with Gasteiger partial charge in [0.05, 0.1) is 23.7 Å². The molecule has 1 saturated heterocycles. The lowest BCUT2D eigenvalue weighted by Gasteiger charge is -2.13. The Bertz CT molecular complexity index is 1370. The number of nitrogens with one attached hydrogen (secondary N) is 2. The van der Waals surface area contributed by atoms with Gasteiger partial charge in [0.25, 0.3) is 5.91 Å². The molecule has 2 aromatic heterocycles. The number of aromatic nitrogens is 3. The van der Waals surface area contributed by atoms with Gasteiger partial charge in [0.15, 0.2) is 5.82 Å². The van der Waals surface area contributed by atoms with Gasteiger partial charge in [-0.2, -0.15) is 0 Å². The van der Waals surface area contributed by atoms with Crippen molar-refractivity contribution >= 4 is 34.9 Å². The van der Waals surface area contributed by atoms with Crippen LogP contribution in [0.2, 0.25) is 0 Å². The Balaban J connectivity index is 1.40. The lowest BCUT2D eigenvalue weighted by atomic mass is 10.2. The minimum absolute atomic E-state index is 0.0236. The number of hydrogen-bond acceptors (Lipinski definition) is 6. The number of urea groups is 1. The highest BCUT2D eigenvalue weighted by molar-refractivity contribution is 7.13. The molecule has 4 aromatic rings. The molecule has 2 N–H and O–H groups in total. The van der Waals surface area contributed by atoms with Crippen LogP contribution in [-0.4, -0.2) is 44.1 Å². The van der Waals surface area contributed by atoms with Crippen molar-refractivity contribution < 1.29 is 18.8 Å². The molecule has 0 saturated carbocycles. The number of hydrogen-bond donors (Lipinski definition) is 2. The minimum atomic E-state index is -0.536. The van der Waals surface area contributed by atoms with E-state index in [2.05, 4.69) is 20.7 Å². The second-order valence-corrected chi connectivity index (χ2v) is 8.37. The fourth-order valence-electron chi connectivity index (χ4n) is 3.47. The maximum absolute atomic E-state index is 13.4. The van der Waals surface area contributed by atoms with Crippen LogP contribution in [0, 0.1) is 5.82 Å². The number of anilines is 1. The van der Waals surface area contributed by atoms with Crippen molar-refractivity contribution in [2.45, 2.75) is 6.54 Å². The number of nitrogens with zero attached hydrogens (tertiary/aromatic N) is 4. The van der Waals surface area contributed by atoms with E-state index in [-0.39, 0.29) is 30.6 Å². The Morgan fingerprint density at radius 2 is 1.94 bits per heavy atom. The molecule has 34 heavy (non-hydrogen) atoms. The highest BCUT2D eigenvalue weighted by Gasteiger charge is 2.28. The summed E-state index contributed by atoms with van der Waals surface area (Å²) in [6.45, 7) is 0.0680. The smallest absolute Gasteiger partial charge is 0.324 e. The van der Waals surface area contributed by atoms with Crippen molar-refractivity contribution in [2.75, 3.05) is 11.9 Å². The molecule has 1 aliphatic rings. The van der Waals surface area contributed by atoms with Gasteiger partial charge in [-0.25, -0.2) is 18.9 Å². The van der Waals surface area contributed by atoms with Crippen molar-refractivity contribution in [3.63, 3.8) is 0 Å². The third-order valence-electron chi connectivity index (χ3n) is 5.09. The molecule has 0 radical (unpaired) electrons. The normalized spacial score (nSPS) is 13.3. The topological polar surface area (TPSA) is 109 Å². The molecular formula is C23H17FN6O3S. The lowest BCUT2D eigenvalue weighted by molar-refractivity contribution is -0.125. The number of amides is 4. The van der Waals surface area contributed by atoms with Crippen molar-refractivity contribution in [3.8, 4) is 16.4 Å². The summed E-state index contributed by atoms with van der Waals surface area (Å²) in [5, 5.41) is 11.5. The van der Waals surface area contributed by atoms with Crippen LogP contribution in [-0.2, 0) is 11.3 Å². The third kappa shape index (κ3) is 4.28. The molecule has 2 aromatic carbocycles. The van der Waals surface area contributed by atoms with E-state index in [0.29, 0.717) is 22.8 Å². The Kier molecular flexibility index (Phi) is 5.60. The number of benzene rings is 2. The van der Waals surface area contributed by atoms with E-state index in [1.807, 2.05) is 17.5 Å². The van der Waals surface area contributed by atoms with Crippen molar-refractivity contribution in [3.05, 3.63) is 83.2 Å². The Morgan fingerprint density at radius 1 is 1.12 bits per heavy atom. The van der Waals surface area contributed by atoms with Gasteiger partial charge in [0.2, 0.25) is 11.7 Å². The first-order valence-electron chi connectivity index (χ1n) is 10.2. The average Bonchev–Trinajstić information content (AvgIpc) is 3.57. The van der Waals surface area contributed by atoms with Gasteiger partial charge < -0.3 is 10.6 Å². The Hall–Kier alpha value is -4.38. The number of rotatable bonds is 6. The summed E-state index contributed by atoms with van der Waals surface area (Å²) < 4.78 is 14.9. The molecule has 0 spiro atoms. The van der Waals surface area contributed by atoms with Crippen LogP contribution in [0.4, 0.5) is 14.9 Å². The highest BCUT2D eigenvalue weighted by atomic mass is 32.1. The van der Waals surface area contributed by atoms with Crippen molar-refractivity contribution in [2.24, 2.45) is 0 Å². The summed E-state index contributed by atoms with van der Waals surface area (Å²) in [7, 11) is 0. The van der Waals surface area contributed by atoms with Crippen molar-refractivity contribution in [1.29, 1.82) is 0 Å². The zero-order valence-corrected chi connectivity index (χ0v) is 18.4. The molecule has 4 amide bonds. The Morgan fingerprint density at radius 3 is 2.65 bits per heavy atom. The summed E-state index contributed by atoms with van der Waals surface area (Å²) in [6.07, 6.45) is 0. The van der Waals surface area contributed by atoms with E-state index < -0.39 is 11.9 Å². The van der Waals surface area contributed by atoms with E-state index in [4.69, 9.17) is 0 Å². The van der Waals surface area contributed by atoms with Crippen LogP contribution in [0.25, 0.3) is 16.4 Å². The number of carbonyl (C=O) groups is 3. The first-order chi connectivity index (χ1) is 16.5. The highest BCUT2D eigenvalue weighted by Crippen LogP contribution is 2.26. The molecule has 1 fully saturated rings. The standard InChI is InChI=1S/C23H17FN6O3S/c24-15-6-8-17(9-7-15)30-21(18-5-2-10-34-18)27-20(28-30)22(32)26-16-4-1-3-14(11-16)13-29-19(31)12-25-23(29)33/h1-11H,12-13H2,(H,25,33)(H,26,32). The van der Waals surface area contributed by atoms with Gasteiger partial charge in [0.1, 0.15) is 5.82 Å². The average molecular weight is 476 g/mol. The first kappa shape index (κ1) is 21.5. The van der Waals surface area contributed by atoms with E-state index >= 15 is 0 Å². The number of thiophene rings is 1. The van der Waals surface area contributed by atoms with E-state index in [9.17, 15) is 18.8 Å². The number of carbonyl (C=O) groups excluding carboxylic acids is 3. The molecule has 1 aliphatic heterocycles. The van der Waals surface area contributed by atoms with E-state index in [0.717, 1.165) is 9.78 Å². The fourth-order valence-corrected chi connectivity index (χ4v) is 4.17. The molecule has 170 valence electrons. The van der Waals surface area contributed by atoms with Gasteiger partial charge in [-0.1, -0.05) is 18.2 Å². The Labute approximate surface area is 196 Å². The summed E-state index contributed by atoms with van der Waals surface area (Å²) in [4.78, 5) is 42.9. The van der Waals surface area contributed by atoms with Crippen molar-refractivity contribution in [1.82, 2.24) is 25.0 Å². The second-order valence-electron chi connectivity index (χ2n) is 7.42. The van der Waals surface area contributed by atoms with Gasteiger partial charge in [-0.05, 0) is 53.4 Å². The molecule has 5 rings (SSSR count). The summed E-state index contributed by atoms with van der Waals surface area (Å²) in [5.74, 6) is -0.833. The molecule has 0 aliphatic carbocycles. The maximum Gasteiger partial charge on any atom is 0.324 e. The summed E-state index contributed by atoms with van der Waals surface area (Å²) in [5.41, 5.74) is 1.70. The number of halogens is 1. The lowest BCUT2D eigenvalue weighted by Crippen LogP contribution is -2.30. The van der Waals surface area contributed by atoms with E-state index in [1.54, 1.807) is 36.4 Å². The largest absolute Gasteiger partial charge is 0.329 e. The zero-order chi connectivity index (χ0) is 23.7. The van der Waals surface area contributed by atoms with Crippen LogP contribution < -0.4 is 10.6 Å². The summed E-state index contributed by atoms with van der Waals surface area (Å²) in [6, 6.07) is 15.8. The molecule has 11 heteroatoms. The van der Waals surface area contributed by atoms with Crippen LogP contribution in [0.3, 0.4) is 0 Å². The molecule has 0 bridgehead atoms. The predicted octanol–water partition coefficient (Wildman–Crippen LogP) is 3.44. The van der Waals surface area contributed by atoms with Gasteiger partial charge in [-0.3, -0.25) is 14.5 Å². The summed E-state index contributed by atoms with van der Waals surface area (Å²) >= 11 is 1.44. The SMILES string of the molecule is O=C(Nc1cccc(CN2C(=O)CNC2=O)c1)c1nc(-c2cccs2)n(-c2ccc(F)cc2)n1. The second kappa shape index (κ2) is 8.87. The fraction of sp³-hybridized carbons (Fsp3) is 0.0870. The molecule has 9 nitrogen and oxygen atoms in total. The first-order valence-corrected chi connectivity index (χ1v) is 11.1. The van der Waals surface area contributed by atoms with E-state index in [1.165, 1.54) is 28.2 Å². The van der Waals surface area contributed by atoms with Gasteiger partial charge >= 0.3 is 6.03 Å².